The topological polar surface area (TPSA) is 37.4 Å². The molecule has 86 valence electrons. The maximum atomic E-state index is 11.3. The van der Waals surface area contributed by atoms with Gasteiger partial charge in [0, 0.05) is 45.4 Å². The van der Waals surface area contributed by atoms with Crippen molar-refractivity contribution in [2.75, 3.05) is 29.5 Å². The summed E-state index contributed by atoms with van der Waals surface area (Å²) in [6.07, 6.45) is 0.833. The van der Waals surface area contributed by atoms with E-state index in [-0.39, 0.29) is 0 Å². The van der Waals surface area contributed by atoms with Gasteiger partial charge in [0.2, 0.25) is 0 Å². The van der Waals surface area contributed by atoms with E-state index in [2.05, 4.69) is 20.8 Å². The molecular formula is C11H12BrNO2S. The molecule has 1 aromatic carbocycles. The largest absolute Gasteiger partial charge is 0.369 e. The standard InChI is InChI=1S/C11H12BrNO2S/c12-10-7-9(8-14)1-2-11(10)13-3-5-16(15)6-4-13/h1-2,7-8H,3-6H2. The van der Waals surface area contributed by atoms with Gasteiger partial charge in [0.15, 0.2) is 0 Å². The highest BCUT2D eigenvalue weighted by Gasteiger charge is 2.17. The van der Waals surface area contributed by atoms with Crippen molar-refractivity contribution < 1.29 is 9.00 Å². The van der Waals surface area contributed by atoms with Gasteiger partial charge in [-0.25, -0.2) is 0 Å². The second-order valence-electron chi connectivity index (χ2n) is 3.66. The minimum atomic E-state index is -0.660. The molecule has 16 heavy (non-hydrogen) atoms. The molecule has 3 nitrogen and oxygen atoms in total. The number of hydrogen-bond acceptors (Lipinski definition) is 3. The average molecular weight is 302 g/mol. The fraction of sp³-hybridized carbons (Fsp3) is 0.364. The van der Waals surface area contributed by atoms with Crippen LogP contribution in [0.2, 0.25) is 0 Å². The average Bonchev–Trinajstić information content (AvgIpc) is 2.30. The first-order valence-corrected chi connectivity index (χ1v) is 7.33. The fourth-order valence-corrected chi connectivity index (χ4v) is 3.43. The van der Waals surface area contributed by atoms with Gasteiger partial charge in [-0.05, 0) is 34.1 Å². The molecule has 0 amide bonds. The summed E-state index contributed by atoms with van der Waals surface area (Å²) in [6, 6.07) is 5.55. The molecule has 1 saturated heterocycles. The summed E-state index contributed by atoms with van der Waals surface area (Å²) in [5.74, 6) is 1.45. The molecule has 5 heteroatoms. The number of nitrogens with zero attached hydrogens (tertiary/aromatic N) is 1. The summed E-state index contributed by atoms with van der Waals surface area (Å²) in [4.78, 5) is 12.8. The molecule has 0 radical (unpaired) electrons. The van der Waals surface area contributed by atoms with Gasteiger partial charge >= 0.3 is 0 Å². The van der Waals surface area contributed by atoms with E-state index in [1.165, 1.54) is 0 Å². The van der Waals surface area contributed by atoms with Crippen LogP contribution in [0.5, 0.6) is 0 Å². The van der Waals surface area contributed by atoms with E-state index in [0.717, 1.165) is 41.0 Å². The first-order valence-electron chi connectivity index (χ1n) is 5.05. The third-order valence-corrected chi connectivity index (χ3v) is 4.54. The molecule has 0 bridgehead atoms. The third-order valence-electron chi connectivity index (χ3n) is 2.63. The van der Waals surface area contributed by atoms with Crippen molar-refractivity contribution in [1.29, 1.82) is 0 Å². The Bertz CT molecular complexity index is 426. The number of hydrogen-bond donors (Lipinski definition) is 0. The minimum Gasteiger partial charge on any atom is -0.369 e. The van der Waals surface area contributed by atoms with E-state index in [9.17, 15) is 9.00 Å². The molecular weight excluding hydrogens is 290 g/mol. The molecule has 0 N–H and O–H groups in total. The van der Waals surface area contributed by atoms with Crippen LogP contribution < -0.4 is 4.90 Å². The quantitative estimate of drug-likeness (QED) is 0.782. The van der Waals surface area contributed by atoms with Crippen molar-refractivity contribution in [2.45, 2.75) is 0 Å². The molecule has 1 aliphatic heterocycles. The number of halogens is 1. The van der Waals surface area contributed by atoms with Crippen LogP contribution in [0.4, 0.5) is 5.69 Å². The van der Waals surface area contributed by atoms with Gasteiger partial charge in [0.05, 0.1) is 5.69 Å². The van der Waals surface area contributed by atoms with Crippen LogP contribution in [0, 0.1) is 0 Å². The summed E-state index contributed by atoms with van der Waals surface area (Å²) >= 11 is 3.46. The smallest absolute Gasteiger partial charge is 0.150 e. The molecule has 0 atom stereocenters. The zero-order chi connectivity index (χ0) is 11.5. The van der Waals surface area contributed by atoms with Crippen molar-refractivity contribution >= 4 is 38.7 Å². The lowest BCUT2D eigenvalue weighted by Crippen LogP contribution is -2.37. The Labute approximate surface area is 105 Å². The summed E-state index contributed by atoms with van der Waals surface area (Å²) in [5, 5.41) is 0. The number of rotatable bonds is 2. The maximum absolute atomic E-state index is 11.3. The van der Waals surface area contributed by atoms with Crippen molar-refractivity contribution in [3.63, 3.8) is 0 Å². The van der Waals surface area contributed by atoms with Gasteiger partial charge in [-0.1, -0.05) is 0 Å². The molecule has 2 rings (SSSR count). The lowest BCUT2D eigenvalue weighted by Gasteiger charge is -2.29. The first-order chi connectivity index (χ1) is 7.70. The van der Waals surface area contributed by atoms with Crippen molar-refractivity contribution in [2.24, 2.45) is 0 Å². The predicted octanol–water partition coefficient (Wildman–Crippen LogP) is 1.83. The second-order valence-corrected chi connectivity index (χ2v) is 6.21. The van der Waals surface area contributed by atoms with Crippen LogP contribution in [0.3, 0.4) is 0 Å². The van der Waals surface area contributed by atoms with Crippen LogP contribution in [-0.4, -0.2) is 35.1 Å². The van der Waals surface area contributed by atoms with Crippen molar-refractivity contribution in [1.82, 2.24) is 0 Å². The van der Waals surface area contributed by atoms with E-state index in [1.54, 1.807) is 6.07 Å². The minimum absolute atomic E-state index is 0.660. The molecule has 1 aliphatic rings. The molecule has 1 aromatic rings. The Balaban J connectivity index is 2.20. The lowest BCUT2D eigenvalue weighted by atomic mass is 10.2. The van der Waals surface area contributed by atoms with Gasteiger partial charge in [0.25, 0.3) is 0 Å². The van der Waals surface area contributed by atoms with Gasteiger partial charge in [0.1, 0.15) is 6.29 Å². The molecule has 0 spiro atoms. The fourth-order valence-electron chi connectivity index (χ4n) is 1.73. The summed E-state index contributed by atoms with van der Waals surface area (Å²) in [5.41, 5.74) is 1.73. The van der Waals surface area contributed by atoms with Crippen LogP contribution in [0.15, 0.2) is 22.7 Å². The number of carbonyl (C=O) groups is 1. The van der Waals surface area contributed by atoms with Crippen LogP contribution in [0.25, 0.3) is 0 Å². The molecule has 1 fully saturated rings. The van der Waals surface area contributed by atoms with Crippen molar-refractivity contribution in [3.8, 4) is 0 Å². The Morgan fingerprint density at radius 3 is 2.56 bits per heavy atom. The third kappa shape index (κ3) is 2.52. The van der Waals surface area contributed by atoms with Gasteiger partial charge < -0.3 is 4.90 Å². The first kappa shape index (κ1) is 11.8. The molecule has 1 heterocycles. The predicted molar refractivity (Wildman–Crippen MR) is 69.6 cm³/mol. The van der Waals surface area contributed by atoms with Gasteiger partial charge in [-0.15, -0.1) is 0 Å². The summed E-state index contributed by atoms with van der Waals surface area (Å²) in [6.45, 7) is 1.62. The lowest BCUT2D eigenvalue weighted by molar-refractivity contribution is 0.112. The second kappa shape index (κ2) is 5.10. The zero-order valence-corrected chi connectivity index (χ0v) is 11.1. The highest BCUT2D eigenvalue weighted by atomic mass is 79.9. The molecule has 0 aromatic heterocycles. The van der Waals surface area contributed by atoms with Crippen LogP contribution in [-0.2, 0) is 10.8 Å². The monoisotopic (exact) mass is 301 g/mol. The van der Waals surface area contributed by atoms with Crippen molar-refractivity contribution in [3.05, 3.63) is 28.2 Å². The van der Waals surface area contributed by atoms with Gasteiger partial charge in [-0.2, -0.15) is 0 Å². The number of aldehydes is 1. The number of benzene rings is 1. The van der Waals surface area contributed by atoms with E-state index in [0.29, 0.717) is 5.56 Å². The van der Waals surface area contributed by atoms with E-state index >= 15 is 0 Å². The zero-order valence-electron chi connectivity index (χ0n) is 8.69. The summed E-state index contributed by atoms with van der Waals surface area (Å²) < 4.78 is 12.2. The number of carbonyl (C=O) groups excluding carboxylic acids is 1. The number of anilines is 1. The van der Waals surface area contributed by atoms with E-state index in [1.807, 2.05) is 12.1 Å². The summed E-state index contributed by atoms with van der Waals surface area (Å²) in [7, 11) is -0.660. The Morgan fingerprint density at radius 1 is 1.31 bits per heavy atom. The Hall–Kier alpha value is -0.680. The van der Waals surface area contributed by atoms with Crippen LogP contribution in [0.1, 0.15) is 10.4 Å². The van der Waals surface area contributed by atoms with E-state index in [4.69, 9.17) is 0 Å². The maximum Gasteiger partial charge on any atom is 0.150 e. The highest BCUT2D eigenvalue weighted by Crippen LogP contribution is 2.27. The van der Waals surface area contributed by atoms with Gasteiger partial charge in [-0.3, -0.25) is 9.00 Å². The normalized spacial score (nSPS) is 17.4. The molecule has 0 aliphatic carbocycles. The Morgan fingerprint density at radius 2 is 2.00 bits per heavy atom. The Kier molecular flexibility index (Phi) is 3.76. The van der Waals surface area contributed by atoms with E-state index < -0.39 is 10.8 Å². The van der Waals surface area contributed by atoms with Crippen LogP contribution >= 0.6 is 15.9 Å². The molecule has 0 saturated carbocycles. The highest BCUT2D eigenvalue weighted by molar-refractivity contribution is 9.10. The molecule has 0 unspecified atom stereocenters. The SMILES string of the molecule is O=Cc1ccc(N2CCS(=O)CC2)c(Br)c1.